The number of hydrogen-bond acceptors (Lipinski definition) is 3. The Hall–Kier alpha value is -1.40. The van der Waals surface area contributed by atoms with Crippen molar-refractivity contribution in [3.63, 3.8) is 0 Å². The smallest absolute Gasteiger partial charge is 0.238 e. The maximum absolute atomic E-state index is 11.7. The van der Waals surface area contributed by atoms with Gasteiger partial charge in [0.2, 0.25) is 15.9 Å². The van der Waals surface area contributed by atoms with Gasteiger partial charge >= 0.3 is 0 Å². The van der Waals surface area contributed by atoms with Gasteiger partial charge in [0.05, 0.1) is 4.90 Å². The molecular formula is C14H22N2O3S. The van der Waals surface area contributed by atoms with E-state index in [1.165, 1.54) is 12.1 Å². The molecule has 0 heterocycles. The molecule has 0 aliphatic rings. The van der Waals surface area contributed by atoms with Crippen LogP contribution in [-0.2, 0) is 21.2 Å². The van der Waals surface area contributed by atoms with E-state index in [0.29, 0.717) is 12.8 Å². The van der Waals surface area contributed by atoms with Crippen LogP contribution in [0.15, 0.2) is 29.2 Å². The molecular weight excluding hydrogens is 276 g/mol. The third-order valence-electron chi connectivity index (χ3n) is 3.24. The first kappa shape index (κ1) is 16.7. The Bertz CT molecular complexity index is 534. The second-order valence-corrected chi connectivity index (χ2v) is 6.33. The summed E-state index contributed by atoms with van der Waals surface area (Å²) in [7, 11) is -3.65. The fourth-order valence-corrected chi connectivity index (χ4v) is 2.41. The summed E-state index contributed by atoms with van der Waals surface area (Å²) in [6, 6.07) is 6.52. The van der Waals surface area contributed by atoms with Crippen LogP contribution in [0.5, 0.6) is 0 Å². The molecule has 112 valence electrons. The fraction of sp³-hybridized carbons (Fsp3) is 0.500. The summed E-state index contributed by atoms with van der Waals surface area (Å²) < 4.78 is 22.2. The molecule has 0 saturated carbocycles. The van der Waals surface area contributed by atoms with Gasteiger partial charge in [0, 0.05) is 12.5 Å². The lowest BCUT2D eigenvalue weighted by molar-refractivity contribution is -0.121. The molecule has 5 nitrogen and oxygen atoms in total. The largest absolute Gasteiger partial charge is 0.353 e. The molecule has 1 rings (SSSR count). The molecule has 0 aromatic heterocycles. The van der Waals surface area contributed by atoms with Crippen LogP contribution in [0.3, 0.4) is 0 Å². The third-order valence-corrected chi connectivity index (χ3v) is 4.17. The predicted molar refractivity (Wildman–Crippen MR) is 78.6 cm³/mol. The summed E-state index contributed by atoms with van der Waals surface area (Å²) in [6.45, 7) is 4.08. The van der Waals surface area contributed by atoms with Crippen molar-refractivity contribution in [3.8, 4) is 0 Å². The van der Waals surface area contributed by atoms with Gasteiger partial charge in [-0.15, -0.1) is 0 Å². The Morgan fingerprint density at radius 1 is 1.20 bits per heavy atom. The van der Waals surface area contributed by atoms with Crippen molar-refractivity contribution in [2.75, 3.05) is 0 Å². The van der Waals surface area contributed by atoms with Gasteiger partial charge < -0.3 is 5.32 Å². The molecule has 0 aliphatic heterocycles. The van der Waals surface area contributed by atoms with Gasteiger partial charge in [-0.25, -0.2) is 13.6 Å². The van der Waals surface area contributed by atoms with Crippen LogP contribution in [0.25, 0.3) is 0 Å². The molecule has 0 fully saturated rings. The van der Waals surface area contributed by atoms with Crippen molar-refractivity contribution < 1.29 is 13.2 Å². The molecule has 0 radical (unpaired) electrons. The standard InChI is InChI=1S/C14H22N2O3S/c1-3-12(4-2)16-14(17)10-7-11-5-8-13(9-6-11)20(15,18)19/h5-6,8-9,12H,3-4,7,10H2,1-2H3,(H,16,17)(H2,15,18,19). The van der Waals surface area contributed by atoms with E-state index in [1.807, 2.05) is 13.8 Å². The first-order valence-electron chi connectivity index (χ1n) is 6.78. The Kier molecular flexibility index (Phi) is 6.16. The molecule has 1 aromatic rings. The number of rotatable bonds is 7. The zero-order valence-corrected chi connectivity index (χ0v) is 12.7. The summed E-state index contributed by atoms with van der Waals surface area (Å²) in [5, 5.41) is 7.99. The number of carbonyl (C=O) groups is 1. The lowest BCUT2D eigenvalue weighted by Gasteiger charge is -2.14. The molecule has 20 heavy (non-hydrogen) atoms. The summed E-state index contributed by atoms with van der Waals surface area (Å²) in [4.78, 5) is 11.8. The molecule has 0 saturated heterocycles. The molecule has 1 amide bonds. The van der Waals surface area contributed by atoms with Crippen molar-refractivity contribution in [2.24, 2.45) is 5.14 Å². The molecule has 1 aromatic carbocycles. The van der Waals surface area contributed by atoms with E-state index in [-0.39, 0.29) is 16.8 Å². The zero-order valence-electron chi connectivity index (χ0n) is 11.9. The van der Waals surface area contributed by atoms with Gasteiger partial charge in [0.25, 0.3) is 0 Å². The first-order chi connectivity index (χ1) is 9.36. The molecule has 6 heteroatoms. The molecule has 0 atom stereocenters. The number of benzene rings is 1. The fourth-order valence-electron chi connectivity index (χ4n) is 1.90. The van der Waals surface area contributed by atoms with E-state index in [1.54, 1.807) is 12.1 Å². The lowest BCUT2D eigenvalue weighted by atomic mass is 10.1. The average molecular weight is 298 g/mol. The first-order valence-corrected chi connectivity index (χ1v) is 8.32. The minimum atomic E-state index is -3.65. The summed E-state index contributed by atoms with van der Waals surface area (Å²) in [5.74, 6) is 0.0224. The van der Waals surface area contributed by atoms with E-state index in [0.717, 1.165) is 18.4 Å². The number of sulfonamides is 1. The van der Waals surface area contributed by atoms with Crippen molar-refractivity contribution in [1.82, 2.24) is 5.32 Å². The maximum atomic E-state index is 11.7. The minimum absolute atomic E-state index is 0.0224. The Balaban J connectivity index is 2.52. The van der Waals surface area contributed by atoms with Crippen LogP contribution in [0, 0.1) is 0 Å². The van der Waals surface area contributed by atoms with E-state index in [4.69, 9.17) is 5.14 Å². The van der Waals surface area contributed by atoms with Crippen LogP contribution in [0.1, 0.15) is 38.7 Å². The van der Waals surface area contributed by atoms with E-state index in [2.05, 4.69) is 5.32 Å². The number of aryl methyl sites for hydroxylation is 1. The number of hydrogen-bond donors (Lipinski definition) is 2. The van der Waals surface area contributed by atoms with Gasteiger partial charge in [-0.05, 0) is 37.0 Å². The van der Waals surface area contributed by atoms with Gasteiger partial charge in [0.1, 0.15) is 0 Å². The number of carbonyl (C=O) groups excluding carboxylic acids is 1. The maximum Gasteiger partial charge on any atom is 0.238 e. The van der Waals surface area contributed by atoms with Crippen LogP contribution < -0.4 is 10.5 Å². The highest BCUT2D eigenvalue weighted by molar-refractivity contribution is 7.89. The number of amides is 1. The molecule has 0 aliphatic carbocycles. The summed E-state index contributed by atoms with van der Waals surface area (Å²) in [5.41, 5.74) is 0.914. The molecule has 0 spiro atoms. The van der Waals surface area contributed by atoms with Crippen LogP contribution in [0.2, 0.25) is 0 Å². The quantitative estimate of drug-likeness (QED) is 0.800. The average Bonchev–Trinajstić information content (AvgIpc) is 2.42. The normalized spacial score (nSPS) is 11.6. The Morgan fingerprint density at radius 3 is 2.20 bits per heavy atom. The zero-order chi connectivity index (χ0) is 15.2. The van der Waals surface area contributed by atoms with Crippen LogP contribution in [-0.4, -0.2) is 20.4 Å². The lowest BCUT2D eigenvalue weighted by Crippen LogP contribution is -2.33. The number of nitrogens with one attached hydrogen (secondary N) is 1. The van der Waals surface area contributed by atoms with Crippen molar-refractivity contribution in [2.45, 2.75) is 50.5 Å². The summed E-state index contributed by atoms with van der Waals surface area (Å²) >= 11 is 0. The predicted octanol–water partition coefficient (Wildman–Crippen LogP) is 1.57. The van der Waals surface area contributed by atoms with E-state index >= 15 is 0 Å². The van der Waals surface area contributed by atoms with Gasteiger partial charge in [0.15, 0.2) is 0 Å². The monoisotopic (exact) mass is 298 g/mol. The van der Waals surface area contributed by atoms with Crippen molar-refractivity contribution in [1.29, 1.82) is 0 Å². The summed E-state index contributed by atoms with van der Waals surface area (Å²) in [6.07, 6.45) is 2.82. The third kappa shape index (κ3) is 5.30. The van der Waals surface area contributed by atoms with Crippen molar-refractivity contribution >= 4 is 15.9 Å². The van der Waals surface area contributed by atoms with Gasteiger partial charge in [-0.2, -0.15) is 0 Å². The number of nitrogens with two attached hydrogens (primary N) is 1. The minimum Gasteiger partial charge on any atom is -0.353 e. The van der Waals surface area contributed by atoms with E-state index < -0.39 is 10.0 Å². The second kappa shape index (κ2) is 7.40. The van der Waals surface area contributed by atoms with Crippen LogP contribution in [0.4, 0.5) is 0 Å². The van der Waals surface area contributed by atoms with Crippen LogP contribution >= 0.6 is 0 Å². The molecule has 3 N–H and O–H groups in total. The topological polar surface area (TPSA) is 89.3 Å². The van der Waals surface area contributed by atoms with Crippen molar-refractivity contribution in [3.05, 3.63) is 29.8 Å². The Morgan fingerprint density at radius 2 is 1.75 bits per heavy atom. The highest BCUT2D eigenvalue weighted by Crippen LogP contribution is 2.10. The SMILES string of the molecule is CCC(CC)NC(=O)CCc1ccc(S(N)(=O)=O)cc1. The van der Waals surface area contributed by atoms with Gasteiger partial charge in [-0.1, -0.05) is 26.0 Å². The van der Waals surface area contributed by atoms with E-state index in [9.17, 15) is 13.2 Å². The Labute approximate surface area is 120 Å². The second-order valence-electron chi connectivity index (χ2n) is 4.77. The highest BCUT2D eigenvalue weighted by Gasteiger charge is 2.09. The molecule has 0 bridgehead atoms. The van der Waals surface area contributed by atoms with Gasteiger partial charge in [-0.3, -0.25) is 4.79 Å². The highest BCUT2D eigenvalue weighted by atomic mass is 32.2. The molecule has 0 unspecified atom stereocenters. The number of primary sulfonamides is 1.